The Morgan fingerprint density at radius 1 is 1.03 bits per heavy atom. The number of aryl methyl sites for hydroxylation is 1. The summed E-state index contributed by atoms with van der Waals surface area (Å²) in [7, 11) is -4.13. The number of amides is 1. The lowest BCUT2D eigenvalue weighted by Gasteiger charge is -2.15. The molecule has 0 fully saturated rings. The lowest BCUT2D eigenvalue weighted by molar-refractivity contribution is 0.186. The summed E-state index contributed by atoms with van der Waals surface area (Å²) in [5.41, 5.74) is -1.32. The largest absolute Gasteiger partial charge is 0.453 e. The number of hydrogen-bond donors (Lipinski definition) is 1. The van der Waals surface area contributed by atoms with E-state index in [1.54, 1.807) is 19.1 Å². The number of carbonyl (C=O) groups excluding carboxylic acids is 1. The van der Waals surface area contributed by atoms with Crippen molar-refractivity contribution >= 4 is 21.6 Å². The first-order valence-electron chi connectivity index (χ1n) is 10.6. The molecule has 0 saturated heterocycles. The Hall–Kier alpha value is -4.26. The number of aromatic nitrogens is 3. The van der Waals surface area contributed by atoms with Crippen molar-refractivity contribution in [2.45, 2.75) is 23.3 Å². The van der Waals surface area contributed by atoms with Crippen molar-refractivity contribution in [1.29, 1.82) is 0 Å². The number of sulfone groups is 1. The summed E-state index contributed by atoms with van der Waals surface area (Å²) in [6.45, 7) is 2.01. The number of carbonyl (C=O) groups is 1. The highest BCUT2D eigenvalue weighted by molar-refractivity contribution is 7.91. The first-order chi connectivity index (χ1) is 17.6. The van der Waals surface area contributed by atoms with Gasteiger partial charge in [-0.25, -0.2) is 30.8 Å². The van der Waals surface area contributed by atoms with Crippen molar-refractivity contribution < 1.29 is 35.5 Å². The van der Waals surface area contributed by atoms with Gasteiger partial charge >= 0.3 is 6.09 Å². The molecule has 4 aromatic rings. The van der Waals surface area contributed by atoms with Gasteiger partial charge in [0, 0.05) is 30.7 Å². The molecule has 0 aliphatic heterocycles. The lowest BCUT2D eigenvalue weighted by atomic mass is 10.0. The molecule has 13 heteroatoms. The van der Waals surface area contributed by atoms with Crippen LogP contribution in [0, 0.1) is 23.3 Å². The Morgan fingerprint density at radius 2 is 1.73 bits per heavy atom. The molecule has 37 heavy (non-hydrogen) atoms. The molecule has 0 bridgehead atoms. The molecular formula is C24H18F4N4O4S. The van der Waals surface area contributed by atoms with E-state index in [4.69, 9.17) is 0 Å². The molecule has 0 unspecified atom stereocenters. The summed E-state index contributed by atoms with van der Waals surface area (Å²) < 4.78 is 92.4. The fraction of sp³-hybridized carbons (Fsp3) is 0.125. The summed E-state index contributed by atoms with van der Waals surface area (Å²) in [6, 6.07) is 5.17. The second-order valence-electron chi connectivity index (χ2n) is 7.60. The van der Waals surface area contributed by atoms with E-state index < -0.39 is 60.2 Å². The Kier molecular flexibility index (Phi) is 6.99. The number of benzene rings is 2. The third-order valence-corrected chi connectivity index (χ3v) is 7.14. The maximum atomic E-state index is 16.0. The zero-order valence-corrected chi connectivity index (χ0v) is 20.1. The molecule has 0 atom stereocenters. The average molecular weight is 534 g/mol. The molecule has 1 N–H and O–H groups in total. The zero-order chi connectivity index (χ0) is 26.9. The van der Waals surface area contributed by atoms with Gasteiger partial charge in [-0.1, -0.05) is 0 Å². The van der Waals surface area contributed by atoms with Crippen molar-refractivity contribution in [1.82, 2.24) is 14.8 Å². The van der Waals surface area contributed by atoms with Gasteiger partial charge in [-0.2, -0.15) is 5.10 Å². The Labute approximate surface area is 208 Å². The maximum Gasteiger partial charge on any atom is 0.411 e. The number of nitrogens with zero attached hydrogens (tertiary/aromatic N) is 3. The third kappa shape index (κ3) is 4.77. The van der Waals surface area contributed by atoms with Gasteiger partial charge in [0.2, 0.25) is 9.84 Å². The summed E-state index contributed by atoms with van der Waals surface area (Å²) >= 11 is 0. The van der Waals surface area contributed by atoms with Gasteiger partial charge in [-0.3, -0.25) is 15.0 Å². The number of nitrogens with one attached hydrogen (secondary N) is 1. The van der Waals surface area contributed by atoms with E-state index in [1.165, 1.54) is 23.3 Å². The molecule has 192 valence electrons. The highest BCUT2D eigenvalue weighted by atomic mass is 32.2. The van der Waals surface area contributed by atoms with E-state index in [9.17, 15) is 22.0 Å². The van der Waals surface area contributed by atoms with Gasteiger partial charge in [0.25, 0.3) is 0 Å². The van der Waals surface area contributed by atoms with Crippen molar-refractivity contribution in [3.8, 4) is 22.4 Å². The van der Waals surface area contributed by atoms with E-state index in [2.05, 4.69) is 14.8 Å². The summed E-state index contributed by atoms with van der Waals surface area (Å²) in [4.78, 5) is 13.4. The first kappa shape index (κ1) is 25.8. The van der Waals surface area contributed by atoms with Gasteiger partial charge in [-0.05, 0) is 48.9 Å². The van der Waals surface area contributed by atoms with Crippen LogP contribution in [0.15, 0.2) is 64.8 Å². The second kappa shape index (κ2) is 10.0. The van der Waals surface area contributed by atoms with Crippen molar-refractivity contribution in [2.24, 2.45) is 0 Å². The molecule has 2 aromatic heterocycles. The molecule has 1 amide bonds. The highest BCUT2D eigenvalue weighted by Gasteiger charge is 2.33. The molecule has 4 rings (SSSR count). The number of rotatable bonds is 6. The minimum atomic E-state index is -5.10. The van der Waals surface area contributed by atoms with Crippen molar-refractivity contribution in [2.75, 3.05) is 12.4 Å². The molecule has 2 heterocycles. The standard InChI is InChI=1S/C24H18F4N4O4S/c1-3-32-12-15(13-6-8-29-9-7-13)23(31-32)20-21(27)17(30-24(33)36-2)11-19(22(20)28)37(34,35)18-10-14(25)4-5-16(18)26/h4-12H,3H2,1-2H3,(H,30,33). The number of hydrogen-bond acceptors (Lipinski definition) is 6. The normalized spacial score (nSPS) is 11.4. The van der Waals surface area contributed by atoms with Gasteiger partial charge < -0.3 is 4.74 Å². The third-order valence-electron chi connectivity index (χ3n) is 5.38. The predicted molar refractivity (Wildman–Crippen MR) is 124 cm³/mol. The van der Waals surface area contributed by atoms with Gasteiger partial charge in [0.1, 0.15) is 27.1 Å². The van der Waals surface area contributed by atoms with Crippen LogP contribution in [0.2, 0.25) is 0 Å². The zero-order valence-electron chi connectivity index (χ0n) is 19.3. The van der Waals surface area contributed by atoms with E-state index in [0.717, 1.165) is 7.11 Å². The predicted octanol–water partition coefficient (Wildman–Crippen LogP) is 5.20. The summed E-state index contributed by atoms with van der Waals surface area (Å²) in [5.74, 6) is -5.44. The number of anilines is 1. The number of ether oxygens (including phenoxy) is 1. The molecule has 0 spiro atoms. The van der Waals surface area contributed by atoms with E-state index >= 15 is 8.78 Å². The van der Waals surface area contributed by atoms with Gasteiger partial charge in [0.15, 0.2) is 11.6 Å². The number of halogens is 4. The fourth-order valence-corrected chi connectivity index (χ4v) is 5.02. The van der Waals surface area contributed by atoms with Crippen LogP contribution in [-0.2, 0) is 21.1 Å². The molecule has 0 radical (unpaired) electrons. The number of pyridine rings is 1. The van der Waals surface area contributed by atoms with Gasteiger partial charge in [0.05, 0.1) is 18.4 Å². The topological polar surface area (TPSA) is 103 Å². The van der Waals surface area contributed by atoms with Crippen molar-refractivity contribution in [3.05, 3.63) is 78.3 Å². The molecule has 0 aliphatic rings. The monoisotopic (exact) mass is 534 g/mol. The second-order valence-corrected chi connectivity index (χ2v) is 9.49. The van der Waals surface area contributed by atoms with Crippen LogP contribution in [-0.4, -0.2) is 36.4 Å². The summed E-state index contributed by atoms with van der Waals surface area (Å²) in [5, 5.41) is 6.20. The van der Waals surface area contributed by atoms with E-state index in [1.807, 2.05) is 5.32 Å². The fourth-order valence-electron chi connectivity index (χ4n) is 3.58. The molecule has 0 aliphatic carbocycles. The Morgan fingerprint density at radius 3 is 2.38 bits per heavy atom. The molecule has 2 aromatic carbocycles. The highest BCUT2D eigenvalue weighted by Crippen LogP contribution is 2.40. The maximum absolute atomic E-state index is 16.0. The first-order valence-corrected chi connectivity index (χ1v) is 12.1. The lowest BCUT2D eigenvalue weighted by Crippen LogP contribution is -2.16. The van der Waals surface area contributed by atoms with Crippen LogP contribution >= 0.6 is 0 Å². The van der Waals surface area contributed by atoms with Crippen LogP contribution in [0.4, 0.5) is 28.0 Å². The van der Waals surface area contributed by atoms with Crippen LogP contribution in [0.25, 0.3) is 22.4 Å². The van der Waals surface area contributed by atoms with E-state index in [-0.39, 0.29) is 11.3 Å². The average Bonchev–Trinajstić information content (AvgIpc) is 3.31. The minimum Gasteiger partial charge on any atom is -0.453 e. The number of methoxy groups -OCH3 is 1. The van der Waals surface area contributed by atoms with Crippen LogP contribution in [0.3, 0.4) is 0 Å². The summed E-state index contributed by atoms with van der Waals surface area (Å²) in [6.07, 6.45) is 3.18. The van der Waals surface area contributed by atoms with Gasteiger partial charge in [-0.15, -0.1) is 0 Å². The SMILES string of the molecule is CCn1cc(-c2ccncc2)c(-c2c(F)c(NC(=O)OC)cc(S(=O)(=O)c3cc(F)ccc3F)c2F)n1. The smallest absolute Gasteiger partial charge is 0.411 e. The van der Waals surface area contributed by atoms with E-state index in [0.29, 0.717) is 36.4 Å². The Bertz CT molecular complexity index is 1610. The molecular weight excluding hydrogens is 516 g/mol. The van der Waals surface area contributed by atoms with Crippen LogP contribution in [0.1, 0.15) is 6.92 Å². The molecule has 8 nitrogen and oxygen atoms in total. The minimum absolute atomic E-state index is 0.220. The van der Waals surface area contributed by atoms with Crippen LogP contribution in [0.5, 0.6) is 0 Å². The molecule has 0 saturated carbocycles. The quantitative estimate of drug-likeness (QED) is 0.270. The van der Waals surface area contributed by atoms with Crippen molar-refractivity contribution in [3.63, 3.8) is 0 Å². The Balaban J connectivity index is 2.07. The van der Waals surface area contributed by atoms with Crippen LogP contribution < -0.4 is 5.32 Å².